The summed E-state index contributed by atoms with van der Waals surface area (Å²) in [5.74, 6) is -0.181. The Morgan fingerprint density at radius 1 is 1.37 bits per heavy atom. The molecule has 0 aliphatic rings. The normalized spacial score (nSPS) is 12.3. The minimum absolute atomic E-state index is 0.138. The summed E-state index contributed by atoms with van der Waals surface area (Å²) in [6, 6.07) is 1.98. The van der Waals surface area contributed by atoms with Crippen LogP contribution in [-0.2, 0) is 9.53 Å². The third-order valence-electron chi connectivity index (χ3n) is 3.27. The molecule has 0 saturated heterocycles. The maximum Gasteiger partial charge on any atom is 0.305 e. The molecule has 0 aromatic heterocycles. The molecule has 1 aromatic carbocycles. The Bertz CT molecular complexity index is 472. The van der Waals surface area contributed by atoms with Gasteiger partial charge >= 0.3 is 5.97 Å². The second-order valence-electron chi connectivity index (χ2n) is 4.81. The fourth-order valence-corrected chi connectivity index (χ4v) is 2.73. The molecule has 0 spiro atoms. The number of hydrogen-bond acceptors (Lipinski definition) is 3. The van der Waals surface area contributed by atoms with Crippen LogP contribution in [0.1, 0.15) is 48.1 Å². The smallest absolute Gasteiger partial charge is 0.305 e. The number of carbonyl (C=O) groups excluding carboxylic acids is 1. The molecule has 2 N–H and O–H groups in total. The molecule has 1 unspecified atom stereocenters. The Morgan fingerprint density at radius 2 is 2.00 bits per heavy atom. The summed E-state index contributed by atoms with van der Waals surface area (Å²) < 4.78 is 6.02. The number of nitrogens with two attached hydrogens (primary N) is 1. The Kier molecular flexibility index (Phi) is 6.01. The summed E-state index contributed by atoms with van der Waals surface area (Å²) in [5.41, 5.74) is 10.9. The maximum atomic E-state index is 11.4. The van der Waals surface area contributed by atoms with Crippen LogP contribution < -0.4 is 5.73 Å². The number of carbonyl (C=O) groups is 1. The van der Waals surface area contributed by atoms with Crippen molar-refractivity contribution in [3.05, 3.63) is 32.8 Å². The van der Waals surface area contributed by atoms with Gasteiger partial charge in [0.1, 0.15) is 0 Å². The summed E-state index contributed by atoms with van der Waals surface area (Å²) in [7, 11) is 0. The zero-order chi connectivity index (χ0) is 14.6. The first-order valence-electron chi connectivity index (χ1n) is 6.55. The molecule has 3 nitrogen and oxygen atoms in total. The molecule has 4 heteroatoms. The van der Waals surface area contributed by atoms with E-state index in [2.05, 4.69) is 42.8 Å². The van der Waals surface area contributed by atoms with Gasteiger partial charge in [-0.2, -0.15) is 0 Å². The molecule has 0 bridgehead atoms. The van der Waals surface area contributed by atoms with Crippen LogP contribution in [0.2, 0.25) is 0 Å². The van der Waals surface area contributed by atoms with Crippen LogP contribution in [0.5, 0.6) is 0 Å². The molecular formula is C15H22BrNO2. The molecule has 0 aliphatic heterocycles. The van der Waals surface area contributed by atoms with Crippen LogP contribution in [0.25, 0.3) is 0 Å². The summed E-state index contributed by atoms with van der Waals surface area (Å²) in [4.78, 5) is 11.4. The zero-order valence-electron chi connectivity index (χ0n) is 12.0. The third kappa shape index (κ3) is 4.05. The van der Waals surface area contributed by atoms with Crippen molar-refractivity contribution >= 4 is 21.9 Å². The second kappa shape index (κ2) is 7.06. The predicted octanol–water partition coefficient (Wildman–Crippen LogP) is 3.72. The van der Waals surface area contributed by atoms with Gasteiger partial charge in [-0.05, 0) is 56.4 Å². The topological polar surface area (TPSA) is 52.3 Å². The van der Waals surface area contributed by atoms with Gasteiger partial charge in [0.05, 0.1) is 6.61 Å². The summed E-state index contributed by atoms with van der Waals surface area (Å²) >= 11 is 3.59. The van der Waals surface area contributed by atoms with E-state index in [1.807, 2.05) is 6.92 Å². The van der Waals surface area contributed by atoms with Crippen molar-refractivity contribution in [1.82, 2.24) is 0 Å². The first-order chi connectivity index (χ1) is 8.88. The fraction of sp³-hybridized carbons (Fsp3) is 0.533. The highest BCUT2D eigenvalue weighted by Crippen LogP contribution is 2.31. The summed E-state index contributed by atoms with van der Waals surface area (Å²) in [5, 5.41) is 0. The van der Waals surface area contributed by atoms with Gasteiger partial charge in [-0.1, -0.05) is 22.0 Å². The van der Waals surface area contributed by atoms with E-state index in [1.54, 1.807) is 0 Å². The molecule has 0 radical (unpaired) electrons. The van der Waals surface area contributed by atoms with Crippen molar-refractivity contribution in [3.63, 3.8) is 0 Å². The molecular weight excluding hydrogens is 306 g/mol. The summed E-state index contributed by atoms with van der Waals surface area (Å²) in [6.07, 6.45) is 0.968. The van der Waals surface area contributed by atoms with Crippen molar-refractivity contribution in [3.8, 4) is 0 Å². The van der Waals surface area contributed by atoms with Crippen LogP contribution in [-0.4, -0.2) is 12.6 Å². The standard InChI is InChI=1S/C15H22BrNO2/c1-5-19-13(18)7-6-12(17)14-9(2)8-10(3)15(16)11(14)4/h8,12H,5-7,17H2,1-4H3. The lowest BCUT2D eigenvalue weighted by molar-refractivity contribution is -0.143. The number of halogens is 1. The zero-order valence-corrected chi connectivity index (χ0v) is 13.6. The van der Waals surface area contributed by atoms with Crippen molar-refractivity contribution in [2.24, 2.45) is 5.73 Å². The molecule has 1 rings (SSSR count). The predicted molar refractivity (Wildman–Crippen MR) is 81.1 cm³/mol. The largest absolute Gasteiger partial charge is 0.466 e. The van der Waals surface area contributed by atoms with Crippen LogP contribution in [0.3, 0.4) is 0 Å². The van der Waals surface area contributed by atoms with E-state index in [9.17, 15) is 4.79 Å². The van der Waals surface area contributed by atoms with Gasteiger partial charge in [-0.25, -0.2) is 0 Å². The average Bonchev–Trinajstić information content (AvgIpc) is 2.34. The van der Waals surface area contributed by atoms with Gasteiger partial charge in [0, 0.05) is 16.9 Å². The monoisotopic (exact) mass is 327 g/mol. The number of esters is 1. The second-order valence-corrected chi connectivity index (χ2v) is 5.61. The Labute approximate surface area is 123 Å². The SMILES string of the molecule is CCOC(=O)CCC(N)c1c(C)cc(C)c(Br)c1C. The van der Waals surface area contributed by atoms with Gasteiger partial charge in [-0.3, -0.25) is 4.79 Å². The molecule has 0 aliphatic carbocycles. The van der Waals surface area contributed by atoms with E-state index >= 15 is 0 Å². The lowest BCUT2D eigenvalue weighted by atomic mass is 9.92. The van der Waals surface area contributed by atoms with E-state index in [4.69, 9.17) is 10.5 Å². The Morgan fingerprint density at radius 3 is 2.58 bits per heavy atom. The van der Waals surface area contributed by atoms with Crippen LogP contribution in [0.4, 0.5) is 0 Å². The van der Waals surface area contributed by atoms with Crippen molar-refractivity contribution in [1.29, 1.82) is 0 Å². The van der Waals surface area contributed by atoms with E-state index in [0.29, 0.717) is 19.4 Å². The number of hydrogen-bond donors (Lipinski definition) is 1. The highest BCUT2D eigenvalue weighted by molar-refractivity contribution is 9.10. The van der Waals surface area contributed by atoms with Crippen LogP contribution in [0.15, 0.2) is 10.5 Å². The Hall–Kier alpha value is -0.870. The third-order valence-corrected chi connectivity index (χ3v) is 4.49. The van der Waals surface area contributed by atoms with Gasteiger partial charge in [0.15, 0.2) is 0 Å². The molecule has 19 heavy (non-hydrogen) atoms. The molecule has 0 amide bonds. The molecule has 0 saturated carbocycles. The first-order valence-corrected chi connectivity index (χ1v) is 7.35. The van der Waals surface area contributed by atoms with E-state index in [-0.39, 0.29) is 12.0 Å². The van der Waals surface area contributed by atoms with E-state index in [0.717, 1.165) is 15.6 Å². The number of ether oxygens (including phenoxy) is 1. The van der Waals surface area contributed by atoms with Gasteiger partial charge in [0.25, 0.3) is 0 Å². The highest BCUT2D eigenvalue weighted by Gasteiger charge is 2.17. The maximum absolute atomic E-state index is 11.4. The van der Waals surface area contributed by atoms with E-state index in [1.165, 1.54) is 11.1 Å². The van der Waals surface area contributed by atoms with E-state index < -0.39 is 0 Å². The van der Waals surface area contributed by atoms with Crippen molar-refractivity contribution < 1.29 is 9.53 Å². The van der Waals surface area contributed by atoms with Crippen LogP contribution >= 0.6 is 15.9 Å². The lowest BCUT2D eigenvalue weighted by Crippen LogP contribution is -2.16. The van der Waals surface area contributed by atoms with Crippen LogP contribution in [0, 0.1) is 20.8 Å². The fourth-order valence-electron chi connectivity index (χ4n) is 2.40. The molecule has 0 fully saturated rings. The highest BCUT2D eigenvalue weighted by atomic mass is 79.9. The molecule has 0 heterocycles. The van der Waals surface area contributed by atoms with Gasteiger partial charge in [-0.15, -0.1) is 0 Å². The molecule has 1 aromatic rings. The lowest BCUT2D eigenvalue weighted by Gasteiger charge is -2.19. The number of aryl methyl sites for hydroxylation is 2. The molecule has 106 valence electrons. The van der Waals surface area contributed by atoms with Gasteiger partial charge < -0.3 is 10.5 Å². The average molecular weight is 328 g/mol. The summed E-state index contributed by atoms with van der Waals surface area (Å²) in [6.45, 7) is 8.42. The van der Waals surface area contributed by atoms with Crippen molar-refractivity contribution in [2.45, 2.75) is 46.6 Å². The minimum Gasteiger partial charge on any atom is -0.466 e. The Balaban J connectivity index is 2.85. The first kappa shape index (κ1) is 16.2. The number of rotatable bonds is 5. The van der Waals surface area contributed by atoms with Crippen molar-refractivity contribution in [2.75, 3.05) is 6.61 Å². The number of benzene rings is 1. The minimum atomic E-state index is -0.181. The van der Waals surface area contributed by atoms with Gasteiger partial charge in [0.2, 0.25) is 0 Å². The quantitative estimate of drug-likeness (QED) is 0.838. The molecule has 1 atom stereocenters.